The van der Waals surface area contributed by atoms with Gasteiger partial charge in [-0.2, -0.15) is 5.10 Å². The third-order valence-corrected chi connectivity index (χ3v) is 12.6. The van der Waals surface area contributed by atoms with Crippen molar-refractivity contribution in [2.75, 3.05) is 11.9 Å². The van der Waals surface area contributed by atoms with Gasteiger partial charge in [-0.3, -0.25) is 19.1 Å². The number of anilines is 1. The second kappa shape index (κ2) is 11.9. The van der Waals surface area contributed by atoms with E-state index in [2.05, 4.69) is 34.0 Å². The molecule has 8 heteroatoms. The van der Waals surface area contributed by atoms with Gasteiger partial charge in [0.2, 0.25) is 11.8 Å². The van der Waals surface area contributed by atoms with Crippen molar-refractivity contribution >= 4 is 23.4 Å². The molecule has 1 spiro atoms. The third kappa shape index (κ3) is 5.94. The van der Waals surface area contributed by atoms with Gasteiger partial charge >= 0.3 is 0 Å². The Morgan fingerprint density at radius 2 is 1.69 bits per heavy atom. The maximum atomic E-state index is 14.4. The average molecular weight is 614 g/mol. The van der Waals surface area contributed by atoms with Crippen LogP contribution in [0.25, 0.3) is 0 Å². The molecular formula is C37H51N5O3. The first-order valence-corrected chi connectivity index (χ1v) is 17.7. The molecule has 8 nitrogen and oxygen atoms in total. The van der Waals surface area contributed by atoms with Crippen molar-refractivity contribution in [2.24, 2.45) is 35.6 Å². The Bertz CT molecular complexity index is 1430. The molecule has 1 aromatic heterocycles. The fourth-order valence-electron chi connectivity index (χ4n) is 9.34. The molecule has 5 saturated carbocycles. The van der Waals surface area contributed by atoms with Gasteiger partial charge in [0, 0.05) is 25.5 Å². The first-order valence-electron chi connectivity index (χ1n) is 17.7. The molecule has 242 valence electrons. The molecule has 0 radical (unpaired) electrons. The second-order valence-corrected chi connectivity index (χ2v) is 15.6. The minimum atomic E-state index is -0.629. The smallest absolute Gasteiger partial charge is 0.270 e. The molecule has 45 heavy (non-hydrogen) atoms. The Morgan fingerprint density at radius 1 is 0.933 bits per heavy atom. The van der Waals surface area contributed by atoms with Crippen molar-refractivity contribution in [1.29, 1.82) is 0 Å². The summed E-state index contributed by atoms with van der Waals surface area (Å²) in [5.74, 6) is 0.755. The Kier molecular flexibility index (Phi) is 8.06. The molecule has 0 bridgehead atoms. The maximum absolute atomic E-state index is 14.4. The predicted octanol–water partition coefficient (Wildman–Crippen LogP) is 6.27. The first-order chi connectivity index (χ1) is 21.7. The highest BCUT2D eigenvalue weighted by Crippen LogP contribution is 2.64. The lowest BCUT2D eigenvalue weighted by molar-refractivity contribution is -0.127. The Hall–Kier alpha value is -3.16. The van der Waals surface area contributed by atoms with E-state index in [-0.39, 0.29) is 29.1 Å². The second-order valence-electron chi connectivity index (χ2n) is 15.6. The molecule has 3 atom stereocenters. The zero-order valence-electron chi connectivity index (χ0n) is 27.2. The summed E-state index contributed by atoms with van der Waals surface area (Å²) in [6.45, 7) is 3.00. The number of carbonyl (C=O) groups is 3. The SMILES string of the molecule is Cn1nccc1C(=O)N[C@H](C(=O)Nc1cccc(C2(C(=O)NCC3(C)CCC3)CCCC2)c1)C(C1CC1)C1CCCCC12CC2. The van der Waals surface area contributed by atoms with Crippen LogP contribution in [0.3, 0.4) is 0 Å². The predicted molar refractivity (Wildman–Crippen MR) is 174 cm³/mol. The van der Waals surface area contributed by atoms with Gasteiger partial charge in [0.1, 0.15) is 11.7 Å². The molecule has 1 heterocycles. The molecule has 7 rings (SSSR count). The van der Waals surface area contributed by atoms with Gasteiger partial charge in [0.25, 0.3) is 5.91 Å². The van der Waals surface area contributed by atoms with Crippen LogP contribution >= 0.6 is 0 Å². The van der Waals surface area contributed by atoms with Crippen molar-refractivity contribution in [2.45, 2.75) is 115 Å². The molecule has 5 aliphatic rings. The van der Waals surface area contributed by atoms with E-state index >= 15 is 0 Å². The van der Waals surface area contributed by atoms with E-state index in [1.807, 2.05) is 18.2 Å². The third-order valence-electron chi connectivity index (χ3n) is 12.6. The molecule has 0 aliphatic heterocycles. The molecule has 0 saturated heterocycles. The largest absolute Gasteiger partial charge is 0.355 e. The number of aromatic nitrogens is 2. The summed E-state index contributed by atoms with van der Waals surface area (Å²) in [4.78, 5) is 41.8. The number of hydrogen-bond acceptors (Lipinski definition) is 4. The number of nitrogens with zero attached hydrogens (tertiary/aromatic N) is 2. The van der Waals surface area contributed by atoms with Crippen LogP contribution in [0.1, 0.15) is 119 Å². The lowest BCUT2D eigenvalue weighted by Crippen LogP contribution is -2.53. The summed E-state index contributed by atoms with van der Waals surface area (Å²) < 4.78 is 1.57. The molecule has 3 amide bonds. The highest BCUT2D eigenvalue weighted by molar-refractivity contribution is 6.01. The van der Waals surface area contributed by atoms with Gasteiger partial charge in [-0.1, -0.05) is 51.2 Å². The van der Waals surface area contributed by atoms with Crippen molar-refractivity contribution < 1.29 is 14.4 Å². The van der Waals surface area contributed by atoms with E-state index in [1.54, 1.807) is 24.0 Å². The van der Waals surface area contributed by atoms with Gasteiger partial charge in [-0.05, 0) is 117 Å². The summed E-state index contributed by atoms with van der Waals surface area (Å²) >= 11 is 0. The van der Waals surface area contributed by atoms with E-state index in [1.165, 1.54) is 51.4 Å². The van der Waals surface area contributed by atoms with Gasteiger partial charge in [0.05, 0.1) is 5.41 Å². The number of rotatable bonds is 11. The highest BCUT2D eigenvalue weighted by Gasteiger charge is 2.57. The summed E-state index contributed by atoms with van der Waals surface area (Å²) in [6.07, 6.45) is 18.5. The number of carbonyl (C=O) groups excluding carboxylic acids is 3. The van der Waals surface area contributed by atoms with E-state index in [0.717, 1.165) is 57.1 Å². The number of nitrogens with one attached hydrogen (secondary N) is 3. The normalized spacial score (nSPS) is 25.5. The van der Waals surface area contributed by atoms with Crippen LogP contribution in [0.5, 0.6) is 0 Å². The van der Waals surface area contributed by atoms with Crippen molar-refractivity contribution in [3.8, 4) is 0 Å². The minimum absolute atomic E-state index is 0.119. The monoisotopic (exact) mass is 613 g/mol. The summed E-state index contributed by atoms with van der Waals surface area (Å²) in [5, 5.41) is 14.0. The Morgan fingerprint density at radius 3 is 2.33 bits per heavy atom. The van der Waals surface area contributed by atoms with Crippen LogP contribution in [0.2, 0.25) is 0 Å². The standard InChI is InChI=1S/C37H51N5O3/c1-35(15-8-16-35)24-38-34(45)37(18-5-6-19-37)26-9-7-10-27(23-26)40-33(44)31(41-32(43)29-14-22-39-42(29)2)30(25-12-13-25)28-11-3-4-17-36(28)20-21-36/h7,9-10,14,22-23,25,28,30-31H,3-6,8,11-13,15-21,24H2,1-2H3,(H,38,45)(H,40,44)(H,41,43)/t28?,30?,31-/m0/s1. The summed E-state index contributed by atoms with van der Waals surface area (Å²) in [6, 6.07) is 9.04. The molecule has 5 fully saturated rings. The average Bonchev–Trinajstić information content (AvgIpc) is 3.91. The van der Waals surface area contributed by atoms with E-state index in [9.17, 15) is 14.4 Å². The number of hydrogen-bond donors (Lipinski definition) is 3. The molecule has 5 aliphatic carbocycles. The lowest BCUT2D eigenvalue weighted by Gasteiger charge is -2.41. The highest BCUT2D eigenvalue weighted by atomic mass is 16.2. The van der Waals surface area contributed by atoms with E-state index < -0.39 is 11.5 Å². The van der Waals surface area contributed by atoms with Crippen LogP contribution in [0, 0.1) is 28.6 Å². The zero-order chi connectivity index (χ0) is 31.2. The van der Waals surface area contributed by atoms with Gasteiger partial charge < -0.3 is 16.0 Å². The van der Waals surface area contributed by atoms with E-state index in [0.29, 0.717) is 28.6 Å². The molecule has 1 aromatic carbocycles. The minimum Gasteiger partial charge on any atom is -0.355 e. The number of amides is 3. The molecule has 2 unspecified atom stereocenters. The van der Waals surface area contributed by atoms with Gasteiger partial charge in [-0.25, -0.2) is 0 Å². The fourth-order valence-corrected chi connectivity index (χ4v) is 9.34. The van der Waals surface area contributed by atoms with Crippen LogP contribution in [0.4, 0.5) is 5.69 Å². The van der Waals surface area contributed by atoms with Gasteiger partial charge in [0.15, 0.2) is 0 Å². The quantitative estimate of drug-likeness (QED) is 0.278. The molecular weight excluding hydrogens is 562 g/mol. The van der Waals surface area contributed by atoms with Crippen LogP contribution in [-0.4, -0.2) is 40.1 Å². The van der Waals surface area contributed by atoms with Crippen LogP contribution in [0.15, 0.2) is 36.5 Å². The van der Waals surface area contributed by atoms with Crippen LogP contribution in [-0.2, 0) is 22.1 Å². The first kappa shape index (κ1) is 30.5. The van der Waals surface area contributed by atoms with Crippen molar-refractivity contribution in [1.82, 2.24) is 20.4 Å². The lowest BCUT2D eigenvalue weighted by atomic mass is 9.66. The van der Waals surface area contributed by atoms with Gasteiger partial charge in [-0.15, -0.1) is 0 Å². The Balaban J connectivity index is 1.15. The molecule has 2 aromatic rings. The topological polar surface area (TPSA) is 105 Å². The molecule has 3 N–H and O–H groups in total. The summed E-state index contributed by atoms with van der Waals surface area (Å²) in [5.41, 5.74) is 2.13. The number of aryl methyl sites for hydroxylation is 1. The zero-order valence-corrected chi connectivity index (χ0v) is 27.2. The Labute approximate surface area is 267 Å². The van der Waals surface area contributed by atoms with Crippen molar-refractivity contribution in [3.63, 3.8) is 0 Å². The van der Waals surface area contributed by atoms with Crippen molar-refractivity contribution in [3.05, 3.63) is 47.8 Å². The van der Waals surface area contributed by atoms with E-state index in [4.69, 9.17) is 0 Å². The maximum Gasteiger partial charge on any atom is 0.270 e. The number of benzene rings is 1. The summed E-state index contributed by atoms with van der Waals surface area (Å²) in [7, 11) is 1.76. The van der Waals surface area contributed by atoms with Crippen LogP contribution < -0.4 is 16.0 Å². The fraction of sp³-hybridized carbons (Fsp3) is 0.676.